The molecule has 2 atom stereocenters. The second kappa shape index (κ2) is 4.96. The molecule has 82 valence electrons. The van der Waals surface area contributed by atoms with E-state index < -0.39 is 0 Å². The van der Waals surface area contributed by atoms with Crippen molar-refractivity contribution in [3.63, 3.8) is 0 Å². The normalized spacial score (nSPS) is 14.4. The van der Waals surface area contributed by atoms with Crippen LogP contribution < -0.4 is 0 Å². The van der Waals surface area contributed by atoms with Crippen LogP contribution in [0, 0.1) is 0 Å². The molecule has 0 aliphatic rings. The summed E-state index contributed by atoms with van der Waals surface area (Å²) >= 11 is 0. The van der Waals surface area contributed by atoms with E-state index in [2.05, 4.69) is 26.0 Å². The topological polar surface area (TPSA) is 20.3 Å². The van der Waals surface area contributed by atoms with Gasteiger partial charge >= 0.3 is 0 Å². The van der Waals surface area contributed by atoms with E-state index in [1.807, 2.05) is 25.2 Å². The van der Waals surface area contributed by atoms with Gasteiger partial charge in [-0.1, -0.05) is 37.3 Å². The van der Waals surface area contributed by atoms with Crippen LogP contribution in [-0.2, 0) is 4.79 Å². The van der Waals surface area contributed by atoms with Crippen molar-refractivity contribution >= 4 is 5.91 Å². The van der Waals surface area contributed by atoms with E-state index >= 15 is 0 Å². The second-order valence-electron chi connectivity index (χ2n) is 4.07. The molecule has 1 rings (SSSR count). The van der Waals surface area contributed by atoms with Gasteiger partial charge in [0.25, 0.3) is 0 Å². The molecule has 0 saturated heterocycles. The van der Waals surface area contributed by atoms with Gasteiger partial charge in [-0.05, 0) is 12.5 Å². The Morgan fingerprint density at radius 3 is 2.20 bits per heavy atom. The summed E-state index contributed by atoms with van der Waals surface area (Å²) in [5.74, 6) is 0.477. The summed E-state index contributed by atoms with van der Waals surface area (Å²) < 4.78 is 0. The van der Waals surface area contributed by atoms with Crippen LogP contribution in [0.1, 0.15) is 32.3 Å². The zero-order valence-electron chi connectivity index (χ0n) is 9.90. The van der Waals surface area contributed by atoms with Gasteiger partial charge in [-0.3, -0.25) is 4.79 Å². The van der Waals surface area contributed by atoms with Crippen LogP contribution in [-0.4, -0.2) is 23.9 Å². The molecular weight excluding hydrogens is 186 g/mol. The minimum Gasteiger partial charge on any atom is -0.343 e. The molecule has 15 heavy (non-hydrogen) atoms. The predicted molar refractivity (Wildman–Crippen MR) is 62.8 cm³/mol. The van der Waals surface area contributed by atoms with Crippen LogP contribution in [0.3, 0.4) is 0 Å². The van der Waals surface area contributed by atoms with Crippen molar-refractivity contribution in [2.24, 2.45) is 0 Å². The van der Waals surface area contributed by atoms with Crippen LogP contribution in [0.4, 0.5) is 0 Å². The fraction of sp³-hybridized carbons (Fsp3) is 0.462. The highest BCUT2D eigenvalue weighted by Gasteiger charge is 2.19. The van der Waals surface area contributed by atoms with Gasteiger partial charge < -0.3 is 4.90 Å². The maximum absolute atomic E-state index is 11.2. The quantitative estimate of drug-likeness (QED) is 0.743. The lowest BCUT2D eigenvalue weighted by Crippen LogP contribution is -2.36. The number of carbonyl (C=O) groups is 1. The number of likely N-dealkylation sites (N-methyl/N-ethyl adjacent to an activating group) is 1. The lowest BCUT2D eigenvalue weighted by atomic mass is 9.93. The molecule has 0 saturated carbocycles. The third-order valence-corrected chi connectivity index (χ3v) is 3.16. The van der Waals surface area contributed by atoms with Gasteiger partial charge in [0.15, 0.2) is 0 Å². The van der Waals surface area contributed by atoms with Crippen LogP contribution in [0.25, 0.3) is 0 Å². The summed E-state index contributed by atoms with van der Waals surface area (Å²) in [6.45, 7) is 5.84. The Labute approximate surface area is 91.9 Å². The van der Waals surface area contributed by atoms with E-state index in [9.17, 15) is 4.79 Å². The molecule has 0 heterocycles. The molecule has 0 radical (unpaired) electrons. The van der Waals surface area contributed by atoms with Gasteiger partial charge in [-0.25, -0.2) is 0 Å². The minimum atomic E-state index is 0.116. The van der Waals surface area contributed by atoms with Crippen molar-refractivity contribution < 1.29 is 4.79 Å². The third-order valence-electron chi connectivity index (χ3n) is 3.16. The number of carbonyl (C=O) groups excluding carboxylic acids is 1. The van der Waals surface area contributed by atoms with Crippen molar-refractivity contribution in [3.05, 3.63) is 35.9 Å². The Morgan fingerprint density at radius 1 is 1.20 bits per heavy atom. The molecule has 0 bridgehead atoms. The average molecular weight is 205 g/mol. The van der Waals surface area contributed by atoms with E-state index in [0.29, 0.717) is 5.92 Å². The Morgan fingerprint density at radius 2 is 1.73 bits per heavy atom. The Bertz CT molecular complexity index is 321. The van der Waals surface area contributed by atoms with Crippen LogP contribution in [0.15, 0.2) is 30.3 Å². The molecule has 1 aromatic rings. The SMILES string of the molecule is CC(=O)N(C)[C@H](C)[C@H](C)c1ccccc1. The first-order chi connectivity index (χ1) is 7.04. The smallest absolute Gasteiger partial charge is 0.219 e. The standard InChI is InChI=1S/C13H19NO/c1-10(11(2)14(4)12(3)15)13-8-6-5-7-9-13/h5-11H,1-4H3/t10-,11+/m0/s1. The van der Waals surface area contributed by atoms with Gasteiger partial charge in [-0.2, -0.15) is 0 Å². The predicted octanol–water partition coefficient (Wildman–Crippen LogP) is 2.66. The summed E-state index contributed by atoms with van der Waals surface area (Å²) in [5.41, 5.74) is 1.28. The monoisotopic (exact) mass is 205 g/mol. The molecule has 0 aromatic heterocycles. The van der Waals surface area contributed by atoms with Gasteiger partial charge in [0.1, 0.15) is 0 Å². The lowest BCUT2D eigenvalue weighted by molar-refractivity contribution is -0.129. The van der Waals surface area contributed by atoms with Gasteiger partial charge in [0, 0.05) is 25.9 Å². The van der Waals surface area contributed by atoms with E-state index in [1.165, 1.54) is 5.56 Å². The van der Waals surface area contributed by atoms with Crippen molar-refractivity contribution in [2.45, 2.75) is 32.7 Å². The summed E-state index contributed by atoms with van der Waals surface area (Å²) in [6, 6.07) is 10.5. The van der Waals surface area contributed by atoms with E-state index in [0.717, 1.165) is 0 Å². The summed E-state index contributed by atoms with van der Waals surface area (Å²) in [7, 11) is 1.85. The highest BCUT2D eigenvalue weighted by Crippen LogP contribution is 2.21. The maximum Gasteiger partial charge on any atom is 0.219 e. The first-order valence-electron chi connectivity index (χ1n) is 5.32. The molecule has 0 spiro atoms. The fourth-order valence-electron chi connectivity index (χ4n) is 1.66. The van der Waals surface area contributed by atoms with Crippen molar-refractivity contribution in [3.8, 4) is 0 Å². The van der Waals surface area contributed by atoms with Gasteiger partial charge in [-0.15, -0.1) is 0 Å². The van der Waals surface area contributed by atoms with Crippen molar-refractivity contribution in [1.29, 1.82) is 0 Å². The number of benzene rings is 1. The molecule has 1 amide bonds. The number of rotatable bonds is 3. The van der Waals surface area contributed by atoms with Crippen LogP contribution >= 0.6 is 0 Å². The highest BCUT2D eigenvalue weighted by molar-refractivity contribution is 5.73. The molecule has 0 fully saturated rings. The van der Waals surface area contributed by atoms with Gasteiger partial charge in [0.2, 0.25) is 5.91 Å². The first kappa shape index (κ1) is 11.8. The largest absolute Gasteiger partial charge is 0.343 e. The van der Waals surface area contributed by atoms with E-state index in [4.69, 9.17) is 0 Å². The molecular formula is C13H19NO. The van der Waals surface area contributed by atoms with Crippen LogP contribution in [0.2, 0.25) is 0 Å². The number of hydrogen-bond donors (Lipinski definition) is 0. The van der Waals surface area contributed by atoms with E-state index in [1.54, 1.807) is 11.8 Å². The zero-order chi connectivity index (χ0) is 11.4. The van der Waals surface area contributed by atoms with Crippen molar-refractivity contribution in [2.75, 3.05) is 7.05 Å². The summed E-state index contributed by atoms with van der Waals surface area (Å²) in [5, 5.41) is 0. The molecule has 2 heteroatoms. The highest BCUT2D eigenvalue weighted by atomic mass is 16.2. The molecule has 0 aliphatic carbocycles. The number of nitrogens with zero attached hydrogens (tertiary/aromatic N) is 1. The van der Waals surface area contributed by atoms with Crippen molar-refractivity contribution in [1.82, 2.24) is 4.90 Å². The Hall–Kier alpha value is -1.31. The molecule has 0 N–H and O–H groups in total. The van der Waals surface area contributed by atoms with E-state index in [-0.39, 0.29) is 11.9 Å². The molecule has 1 aromatic carbocycles. The molecule has 0 unspecified atom stereocenters. The Balaban J connectivity index is 2.77. The summed E-state index contributed by atoms with van der Waals surface area (Å²) in [4.78, 5) is 13.0. The zero-order valence-corrected chi connectivity index (χ0v) is 9.90. The first-order valence-corrected chi connectivity index (χ1v) is 5.32. The third kappa shape index (κ3) is 2.82. The average Bonchev–Trinajstić information content (AvgIpc) is 2.27. The second-order valence-corrected chi connectivity index (χ2v) is 4.07. The summed E-state index contributed by atoms with van der Waals surface area (Å²) in [6.07, 6.45) is 0. The minimum absolute atomic E-state index is 0.116. The molecule has 0 aliphatic heterocycles. The number of hydrogen-bond acceptors (Lipinski definition) is 1. The maximum atomic E-state index is 11.2. The van der Waals surface area contributed by atoms with Crippen LogP contribution in [0.5, 0.6) is 0 Å². The van der Waals surface area contributed by atoms with Gasteiger partial charge in [0.05, 0.1) is 0 Å². The number of amides is 1. The Kier molecular flexibility index (Phi) is 3.89. The molecule has 2 nitrogen and oxygen atoms in total. The lowest BCUT2D eigenvalue weighted by Gasteiger charge is -2.29. The fourth-order valence-corrected chi connectivity index (χ4v) is 1.66.